The van der Waals surface area contributed by atoms with Crippen molar-refractivity contribution in [3.05, 3.63) is 0 Å². The van der Waals surface area contributed by atoms with Gasteiger partial charge in [0.25, 0.3) is 6.02 Å². The number of halogens is 1. The highest BCUT2D eigenvalue weighted by Gasteiger charge is 2.29. The Bertz CT molecular complexity index is 192. The lowest BCUT2D eigenvalue weighted by atomic mass is 9.96. The predicted octanol–water partition coefficient (Wildman–Crippen LogP) is 1.96. The first-order valence-corrected chi connectivity index (χ1v) is 4.53. The maximum Gasteiger partial charge on any atom is 0.285 e. The Morgan fingerprint density at radius 2 is 2.23 bits per heavy atom. The Morgan fingerprint density at radius 3 is 2.69 bits per heavy atom. The summed E-state index contributed by atoms with van der Waals surface area (Å²) in [6.07, 6.45) is 1.29. The minimum atomic E-state index is 0. The van der Waals surface area contributed by atoms with Crippen molar-refractivity contribution >= 4 is 18.4 Å². The Hall–Kier alpha value is -0.440. The first kappa shape index (κ1) is 12.6. The highest BCUT2D eigenvalue weighted by Crippen LogP contribution is 2.18. The summed E-state index contributed by atoms with van der Waals surface area (Å²) in [5, 5.41) is 3.25. The Labute approximate surface area is 86.4 Å². The van der Waals surface area contributed by atoms with Gasteiger partial charge in [-0.3, -0.25) is 0 Å². The summed E-state index contributed by atoms with van der Waals surface area (Å²) in [6, 6.07) is 0.696. The van der Waals surface area contributed by atoms with Gasteiger partial charge in [-0.25, -0.2) is 4.99 Å². The van der Waals surface area contributed by atoms with Crippen LogP contribution in [-0.2, 0) is 4.74 Å². The van der Waals surface area contributed by atoms with E-state index >= 15 is 0 Å². The molecule has 0 bridgehead atoms. The van der Waals surface area contributed by atoms with E-state index in [9.17, 15) is 0 Å². The summed E-state index contributed by atoms with van der Waals surface area (Å²) in [6.45, 7) is 9.18. The zero-order valence-corrected chi connectivity index (χ0v) is 9.57. The highest BCUT2D eigenvalue weighted by atomic mass is 35.5. The van der Waals surface area contributed by atoms with Crippen molar-refractivity contribution in [2.75, 3.05) is 6.54 Å². The number of amidine groups is 1. The van der Waals surface area contributed by atoms with Gasteiger partial charge in [0.15, 0.2) is 0 Å². The zero-order chi connectivity index (χ0) is 9.19. The van der Waals surface area contributed by atoms with Gasteiger partial charge in [-0.1, -0.05) is 0 Å². The van der Waals surface area contributed by atoms with E-state index in [1.165, 1.54) is 0 Å². The molecule has 0 aromatic rings. The van der Waals surface area contributed by atoms with E-state index in [-0.39, 0.29) is 24.0 Å². The number of nitrogens with zero attached hydrogens (tertiary/aromatic N) is 1. The lowest BCUT2D eigenvalue weighted by Crippen LogP contribution is -2.52. The molecule has 1 rings (SSSR count). The number of ether oxygens (including phenoxy) is 1. The van der Waals surface area contributed by atoms with Crippen LogP contribution in [0.5, 0.6) is 0 Å². The topological polar surface area (TPSA) is 33.6 Å². The molecule has 1 heterocycles. The number of nitrogens with one attached hydrogen (secondary N) is 1. The predicted molar refractivity (Wildman–Crippen MR) is 57.6 cm³/mol. The van der Waals surface area contributed by atoms with E-state index in [0.29, 0.717) is 6.02 Å². The summed E-state index contributed by atoms with van der Waals surface area (Å²) < 4.78 is 5.50. The molecule has 0 radical (unpaired) electrons. The molecule has 1 N–H and O–H groups in total. The molecule has 0 aromatic heterocycles. The average molecular weight is 207 g/mol. The molecule has 1 aliphatic heterocycles. The van der Waals surface area contributed by atoms with Crippen LogP contribution in [0, 0.1) is 0 Å². The smallest absolute Gasteiger partial charge is 0.285 e. The van der Waals surface area contributed by atoms with E-state index < -0.39 is 0 Å². The van der Waals surface area contributed by atoms with Gasteiger partial charge in [0.1, 0.15) is 6.10 Å². The number of aliphatic imine (C=N–C) groups is 1. The fraction of sp³-hybridized carbons (Fsp3) is 0.889. The van der Waals surface area contributed by atoms with Gasteiger partial charge >= 0.3 is 0 Å². The second kappa shape index (κ2) is 4.70. The molecule has 0 amide bonds. The third-order valence-corrected chi connectivity index (χ3v) is 1.86. The minimum Gasteiger partial charge on any atom is -0.462 e. The normalized spacial score (nSPS) is 28.6. The van der Waals surface area contributed by atoms with E-state index in [2.05, 4.69) is 31.1 Å². The summed E-state index contributed by atoms with van der Waals surface area (Å²) in [5.74, 6) is 0. The van der Waals surface area contributed by atoms with Gasteiger partial charge in [-0.2, -0.15) is 0 Å². The van der Waals surface area contributed by atoms with Crippen molar-refractivity contribution in [1.82, 2.24) is 5.32 Å². The van der Waals surface area contributed by atoms with Crippen LogP contribution in [0.1, 0.15) is 34.1 Å². The molecule has 78 valence electrons. The molecule has 13 heavy (non-hydrogen) atoms. The molecule has 0 aliphatic carbocycles. The van der Waals surface area contributed by atoms with E-state index in [1.54, 1.807) is 0 Å². The van der Waals surface area contributed by atoms with Crippen molar-refractivity contribution in [2.45, 2.75) is 45.8 Å². The summed E-state index contributed by atoms with van der Waals surface area (Å²) in [5.41, 5.74) is 0.117. The van der Waals surface area contributed by atoms with Crippen molar-refractivity contribution in [1.29, 1.82) is 0 Å². The molecule has 1 saturated heterocycles. The first-order chi connectivity index (χ1) is 5.53. The summed E-state index contributed by atoms with van der Waals surface area (Å²) in [7, 11) is 0. The van der Waals surface area contributed by atoms with E-state index in [4.69, 9.17) is 4.74 Å². The molecule has 4 heteroatoms. The van der Waals surface area contributed by atoms with Crippen LogP contribution in [0.15, 0.2) is 4.99 Å². The minimum absolute atomic E-state index is 0. The van der Waals surface area contributed by atoms with Crippen molar-refractivity contribution in [3.63, 3.8) is 0 Å². The van der Waals surface area contributed by atoms with Crippen LogP contribution < -0.4 is 5.32 Å². The second-order valence-corrected chi connectivity index (χ2v) is 3.92. The van der Waals surface area contributed by atoms with Gasteiger partial charge in [0.05, 0.1) is 0 Å². The third-order valence-electron chi connectivity index (χ3n) is 1.86. The molecule has 1 atom stereocenters. The molecule has 1 unspecified atom stereocenters. The van der Waals surface area contributed by atoms with Gasteiger partial charge < -0.3 is 10.1 Å². The van der Waals surface area contributed by atoms with Gasteiger partial charge in [-0.15, -0.1) is 12.4 Å². The third kappa shape index (κ3) is 3.85. The standard InChI is InChI=1S/C9H18N2O.ClH/c1-5-10-8-11-9(3,4)6-7(2)12-8;/h7H,5-6H2,1-4H3,(H,10,11);1H. The maximum absolute atomic E-state index is 5.50. The maximum atomic E-state index is 5.50. The van der Waals surface area contributed by atoms with Gasteiger partial charge in [-0.05, 0) is 27.7 Å². The van der Waals surface area contributed by atoms with Gasteiger partial charge in [0, 0.05) is 18.5 Å². The molecule has 1 aliphatic rings. The lowest BCUT2D eigenvalue weighted by molar-refractivity contribution is 0.113. The second-order valence-electron chi connectivity index (χ2n) is 3.92. The summed E-state index contributed by atoms with van der Waals surface area (Å²) >= 11 is 0. The van der Waals surface area contributed by atoms with Crippen LogP contribution in [0.25, 0.3) is 0 Å². The quantitative estimate of drug-likeness (QED) is 0.712. The van der Waals surface area contributed by atoms with Crippen LogP contribution in [0.3, 0.4) is 0 Å². The number of hydrogen-bond donors (Lipinski definition) is 1. The molecular formula is C9H19ClN2O. The molecule has 1 fully saturated rings. The monoisotopic (exact) mass is 206 g/mol. The average Bonchev–Trinajstić information content (AvgIpc) is 1.82. The first-order valence-electron chi connectivity index (χ1n) is 4.53. The van der Waals surface area contributed by atoms with E-state index in [0.717, 1.165) is 13.0 Å². The Balaban J connectivity index is 0.00000144. The largest absolute Gasteiger partial charge is 0.462 e. The van der Waals surface area contributed by atoms with Crippen LogP contribution >= 0.6 is 12.4 Å². The molecule has 0 saturated carbocycles. The van der Waals surface area contributed by atoms with Crippen LogP contribution in [-0.4, -0.2) is 24.2 Å². The molecule has 0 aromatic carbocycles. The number of rotatable bonds is 1. The fourth-order valence-corrected chi connectivity index (χ4v) is 1.54. The Kier molecular flexibility index (Phi) is 4.54. The number of hydrogen-bond acceptors (Lipinski definition) is 2. The zero-order valence-electron chi connectivity index (χ0n) is 8.76. The molecule has 0 spiro atoms. The van der Waals surface area contributed by atoms with Crippen molar-refractivity contribution in [2.24, 2.45) is 4.99 Å². The lowest BCUT2D eigenvalue weighted by Gasteiger charge is -2.36. The van der Waals surface area contributed by atoms with Gasteiger partial charge in [0.2, 0.25) is 0 Å². The molecular weight excluding hydrogens is 188 g/mol. The van der Waals surface area contributed by atoms with Crippen molar-refractivity contribution in [3.8, 4) is 0 Å². The van der Waals surface area contributed by atoms with E-state index in [1.807, 2.05) is 6.92 Å². The highest BCUT2D eigenvalue weighted by molar-refractivity contribution is 5.85. The SMILES string of the molecule is CCN=C1NC(C)(C)CC(C)O1.Cl. The summed E-state index contributed by atoms with van der Waals surface area (Å²) in [4.78, 5) is 4.21. The van der Waals surface area contributed by atoms with Crippen LogP contribution in [0.2, 0.25) is 0 Å². The van der Waals surface area contributed by atoms with Crippen molar-refractivity contribution < 1.29 is 4.74 Å². The van der Waals surface area contributed by atoms with Crippen LogP contribution in [0.4, 0.5) is 0 Å². The fourth-order valence-electron chi connectivity index (χ4n) is 1.54. The molecule has 3 nitrogen and oxygen atoms in total. The Morgan fingerprint density at radius 1 is 1.62 bits per heavy atom.